The standard InChI is InChI=1S/C22H17NO5/c24-21(14-4-2-1-3-5-14)23-18-12-15(6-8-17(18)22(25)26)16-7-9-19-20(13-16)28-11-10-27-19/h1-9,12-13H,10-11H2,(H,23,24)(H,25,26). The molecule has 3 aromatic rings. The number of carboxylic acid groups (broad SMARTS) is 1. The number of carbonyl (C=O) groups is 2. The average molecular weight is 375 g/mol. The van der Waals surface area contributed by atoms with E-state index in [1.807, 2.05) is 24.3 Å². The van der Waals surface area contributed by atoms with Crippen molar-refractivity contribution in [2.45, 2.75) is 0 Å². The van der Waals surface area contributed by atoms with Crippen molar-refractivity contribution in [2.75, 3.05) is 18.5 Å². The van der Waals surface area contributed by atoms with Gasteiger partial charge in [0.2, 0.25) is 0 Å². The number of fused-ring (bicyclic) bond motifs is 1. The highest BCUT2D eigenvalue weighted by Gasteiger charge is 2.17. The minimum Gasteiger partial charge on any atom is -0.486 e. The summed E-state index contributed by atoms with van der Waals surface area (Å²) >= 11 is 0. The molecular formula is C22H17NO5. The maximum Gasteiger partial charge on any atom is 0.337 e. The van der Waals surface area contributed by atoms with E-state index < -0.39 is 5.97 Å². The average Bonchev–Trinajstić information content (AvgIpc) is 2.73. The molecule has 0 bridgehead atoms. The maximum atomic E-state index is 12.5. The number of hydrogen-bond donors (Lipinski definition) is 2. The third-order valence-electron chi connectivity index (χ3n) is 4.41. The lowest BCUT2D eigenvalue weighted by Crippen LogP contribution is -2.15. The van der Waals surface area contributed by atoms with Crippen LogP contribution in [0.1, 0.15) is 20.7 Å². The molecule has 4 rings (SSSR count). The van der Waals surface area contributed by atoms with E-state index in [9.17, 15) is 14.7 Å². The SMILES string of the molecule is O=C(Nc1cc(-c2ccc3c(c2)OCCO3)ccc1C(=O)O)c1ccccc1. The first-order chi connectivity index (χ1) is 13.6. The van der Waals surface area contributed by atoms with Crippen LogP contribution in [0, 0.1) is 0 Å². The van der Waals surface area contributed by atoms with Crippen molar-refractivity contribution in [3.05, 3.63) is 77.9 Å². The second kappa shape index (κ2) is 7.44. The van der Waals surface area contributed by atoms with Crippen molar-refractivity contribution in [3.63, 3.8) is 0 Å². The van der Waals surface area contributed by atoms with E-state index in [-0.39, 0.29) is 17.2 Å². The fourth-order valence-corrected chi connectivity index (χ4v) is 3.02. The van der Waals surface area contributed by atoms with Crippen LogP contribution in [0.4, 0.5) is 5.69 Å². The summed E-state index contributed by atoms with van der Waals surface area (Å²) in [6.45, 7) is 0.988. The Balaban J connectivity index is 1.69. The maximum absolute atomic E-state index is 12.5. The lowest BCUT2D eigenvalue weighted by molar-refractivity contribution is 0.0698. The van der Waals surface area contributed by atoms with E-state index in [4.69, 9.17) is 9.47 Å². The smallest absolute Gasteiger partial charge is 0.337 e. The van der Waals surface area contributed by atoms with Gasteiger partial charge in [-0.25, -0.2) is 4.79 Å². The fourth-order valence-electron chi connectivity index (χ4n) is 3.02. The molecule has 28 heavy (non-hydrogen) atoms. The molecule has 0 saturated heterocycles. The lowest BCUT2D eigenvalue weighted by atomic mass is 10.0. The molecule has 0 spiro atoms. The van der Waals surface area contributed by atoms with Gasteiger partial charge in [-0.1, -0.05) is 30.3 Å². The molecule has 0 radical (unpaired) electrons. The van der Waals surface area contributed by atoms with Crippen LogP contribution in [-0.4, -0.2) is 30.2 Å². The van der Waals surface area contributed by atoms with Crippen LogP contribution in [0.5, 0.6) is 11.5 Å². The summed E-state index contributed by atoms with van der Waals surface area (Å²) in [6.07, 6.45) is 0. The Kier molecular flexibility index (Phi) is 4.68. The van der Waals surface area contributed by atoms with Crippen molar-refractivity contribution in [2.24, 2.45) is 0 Å². The van der Waals surface area contributed by atoms with Crippen molar-refractivity contribution in [1.82, 2.24) is 0 Å². The molecule has 3 aromatic carbocycles. The molecule has 6 nitrogen and oxygen atoms in total. The van der Waals surface area contributed by atoms with Gasteiger partial charge in [-0.15, -0.1) is 0 Å². The highest BCUT2D eigenvalue weighted by Crippen LogP contribution is 2.35. The summed E-state index contributed by atoms with van der Waals surface area (Å²) in [7, 11) is 0. The van der Waals surface area contributed by atoms with E-state index in [1.165, 1.54) is 6.07 Å². The largest absolute Gasteiger partial charge is 0.486 e. The molecule has 1 heterocycles. The number of benzene rings is 3. The van der Waals surface area contributed by atoms with Gasteiger partial charge in [-0.3, -0.25) is 4.79 Å². The number of anilines is 1. The van der Waals surface area contributed by atoms with Gasteiger partial charge in [0.15, 0.2) is 11.5 Å². The Morgan fingerprint density at radius 2 is 1.50 bits per heavy atom. The summed E-state index contributed by atoms with van der Waals surface area (Å²) in [5, 5.41) is 12.2. The minimum atomic E-state index is -1.11. The first-order valence-corrected chi connectivity index (χ1v) is 8.75. The number of ether oxygens (including phenoxy) is 2. The summed E-state index contributed by atoms with van der Waals surface area (Å²) in [6, 6.07) is 19.0. The van der Waals surface area contributed by atoms with Crippen LogP contribution in [-0.2, 0) is 0 Å². The zero-order valence-corrected chi connectivity index (χ0v) is 14.8. The number of carbonyl (C=O) groups excluding carboxylic acids is 1. The van der Waals surface area contributed by atoms with Crippen molar-refractivity contribution in [1.29, 1.82) is 0 Å². The van der Waals surface area contributed by atoms with E-state index in [2.05, 4.69) is 5.32 Å². The quantitative estimate of drug-likeness (QED) is 0.718. The molecule has 1 aliphatic heterocycles. The summed E-state index contributed by atoms with van der Waals surface area (Å²) < 4.78 is 11.1. The number of amides is 1. The molecule has 0 aliphatic carbocycles. The van der Waals surface area contributed by atoms with Crippen molar-refractivity contribution >= 4 is 17.6 Å². The molecule has 0 fully saturated rings. The first-order valence-electron chi connectivity index (χ1n) is 8.75. The predicted molar refractivity (Wildman–Crippen MR) is 104 cm³/mol. The molecule has 1 aliphatic rings. The molecule has 1 amide bonds. The third-order valence-corrected chi connectivity index (χ3v) is 4.41. The molecular weight excluding hydrogens is 358 g/mol. The number of hydrogen-bond acceptors (Lipinski definition) is 4. The Morgan fingerprint density at radius 1 is 0.821 bits per heavy atom. The summed E-state index contributed by atoms with van der Waals surface area (Å²) in [5.74, 6) is -0.171. The van der Waals surface area contributed by atoms with Gasteiger partial charge in [0.1, 0.15) is 13.2 Å². The summed E-state index contributed by atoms with van der Waals surface area (Å²) in [4.78, 5) is 24.1. The second-order valence-corrected chi connectivity index (χ2v) is 6.24. The highest BCUT2D eigenvalue weighted by molar-refractivity contribution is 6.08. The van der Waals surface area contributed by atoms with E-state index in [0.29, 0.717) is 30.3 Å². The molecule has 140 valence electrons. The fraction of sp³-hybridized carbons (Fsp3) is 0.0909. The van der Waals surface area contributed by atoms with Crippen LogP contribution in [0.15, 0.2) is 66.7 Å². The Morgan fingerprint density at radius 3 is 2.25 bits per heavy atom. The molecule has 0 unspecified atom stereocenters. The van der Waals surface area contributed by atoms with Gasteiger partial charge >= 0.3 is 5.97 Å². The van der Waals surface area contributed by atoms with Crippen LogP contribution in [0.3, 0.4) is 0 Å². The van der Waals surface area contributed by atoms with Gasteiger partial charge in [-0.05, 0) is 47.5 Å². The van der Waals surface area contributed by atoms with Gasteiger partial charge in [0.25, 0.3) is 5.91 Å². The van der Waals surface area contributed by atoms with Gasteiger partial charge in [0, 0.05) is 5.56 Å². The van der Waals surface area contributed by atoms with Gasteiger partial charge in [-0.2, -0.15) is 0 Å². The second-order valence-electron chi connectivity index (χ2n) is 6.24. The van der Waals surface area contributed by atoms with E-state index in [0.717, 1.165) is 11.1 Å². The van der Waals surface area contributed by atoms with Crippen molar-refractivity contribution in [3.8, 4) is 22.6 Å². The summed E-state index contributed by atoms with van der Waals surface area (Å²) in [5.41, 5.74) is 2.28. The van der Waals surface area contributed by atoms with Crippen molar-refractivity contribution < 1.29 is 24.2 Å². The third kappa shape index (κ3) is 3.53. The van der Waals surface area contributed by atoms with Crippen LogP contribution in [0.2, 0.25) is 0 Å². The number of carboxylic acids is 1. The zero-order chi connectivity index (χ0) is 19.5. The molecule has 0 saturated carbocycles. The number of aromatic carboxylic acids is 1. The van der Waals surface area contributed by atoms with Crippen LogP contribution < -0.4 is 14.8 Å². The van der Waals surface area contributed by atoms with Gasteiger partial charge < -0.3 is 19.9 Å². The minimum absolute atomic E-state index is 0.0191. The normalized spacial score (nSPS) is 12.3. The van der Waals surface area contributed by atoms with E-state index >= 15 is 0 Å². The topological polar surface area (TPSA) is 84.9 Å². The van der Waals surface area contributed by atoms with Gasteiger partial charge in [0.05, 0.1) is 11.3 Å². The lowest BCUT2D eigenvalue weighted by Gasteiger charge is -2.19. The molecule has 0 aromatic heterocycles. The first kappa shape index (κ1) is 17.6. The molecule has 2 N–H and O–H groups in total. The Hall–Kier alpha value is -3.80. The Labute approximate surface area is 161 Å². The molecule has 6 heteroatoms. The van der Waals surface area contributed by atoms with Crippen LogP contribution >= 0.6 is 0 Å². The Bertz CT molecular complexity index is 1050. The predicted octanol–water partition coefficient (Wildman–Crippen LogP) is 4.08. The zero-order valence-electron chi connectivity index (χ0n) is 14.8. The highest BCUT2D eigenvalue weighted by atomic mass is 16.6. The molecule has 0 atom stereocenters. The number of nitrogens with one attached hydrogen (secondary N) is 1. The van der Waals surface area contributed by atoms with Crippen LogP contribution in [0.25, 0.3) is 11.1 Å². The number of rotatable bonds is 4. The van der Waals surface area contributed by atoms with E-state index in [1.54, 1.807) is 36.4 Å². The monoisotopic (exact) mass is 375 g/mol.